The summed E-state index contributed by atoms with van der Waals surface area (Å²) in [6, 6.07) is 16.0. The van der Waals surface area contributed by atoms with Crippen LogP contribution in [0, 0.1) is 0 Å². The van der Waals surface area contributed by atoms with Crippen LogP contribution in [0.1, 0.15) is 12.0 Å². The molecule has 1 aromatic carbocycles. The molecule has 0 aliphatic carbocycles. The van der Waals surface area contributed by atoms with Crippen molar-refractivity contribution in [2.75, 3.05) is 30.3 Å². The number of pyridine rings is 1. The highest BCUT2D eigenvalue weighted by molar-refractivity contribution is 5.64. The molecule has 3 rings (SSSR count). The monoisotopic (exact) mass is 349 g/mol. The highest BCUT2D eigenvalue weighted by Gasteiger charge is 2.06. The van der Waals surface area contributed by atoms with Crippen LogP contribution in [0.3, 0.4) is 0 Å². The van der Waals surface area contributed by atoms with E-state index in [0.29, 0.717) is 18.9 Å². The lowest BCUT2D eigenvalue weighted by atomic mass is 10.1. The van der Waals surface area contributed by atoms with Crippen molar-refractivity contribution >= 4 is 11.8 Å². The molecule has 0 amide bonds. The van der Waals surface area contributed by atoms with Crippen LogP contribution in [0.2, 0.25) is 0 Å². The van der Waals surface area contributed by atoms with Crippen molar-refractivity contribution in [3.8, 4) is 11.3 Å². The molecule has 0 unspecified atom stereocenters. The number of aromatic nitrogens is 3. The Morgan fingerprint density at radius 2 is 1.69 bits per heavy atom. The molecule has 0 aliphatic rings. The second-order valence-corrected chi connectivity index (χ2v) is 5.86. The summed E-state index contributed by atoms with van der Waals surface area (Å²) in [5.74, 6) is 1.34. The van der Waals surface area contributed by atoms with Gasteiger partial charge in [-0.1, -0.05) is 30.3 Å². The molecular weight excluding hydrogens is 326 g/mol. The fourth-order valence-corrected chi connectivity index (χ4v) is 2.54. The van der Waals surface area contributed by atoms with Crippen LogP contribution < -0.4 is 10.6 Å². The summed E-state index contributed by atoms with van der Waals surface area (Å²) < 4.78 is 0. The Kier molecular flexibility index (Phi) is 6.50. The van der Waals surface area contributed by atoms with E-state index in [0.717, 1.165) is 30.0 Å². The number of benzene rings is 1. The van der Waals surface area contributed by atoms with Crippen molar-refractivity contribution in [3.05, 3.63) is 66.5 Å². The predicted octanol–water partition coefficient (Wildman–Crippen LogP) is 2.99. The van der Waals surface area contributed by atoms with E-state index in [9.17, 15) is 0 Å². The van der Waals surface area contributed by atoms with Crippen molar-refractivity contribution in [3.63, 3.8) is 0 Å². The first-order chi connectivity index (χ1) is 12.8. The molecule has 0 radical (unpaired) electrons. The van der Waals surface area contributed by atoms with Crippen molar-refractivity contribution in [1.82, 2.24) is 15.0 Å². The van der Waals surface area contributed by atoms with E-state index >= 15 is 0 Å². The molecule has 0 fully saturated rings. The lowest BCUT2D eigenvalue weighted by molar-refractivity contribution is 0.292. The average Bonchev–Trinajstić information content (AvgIpc) is 2.70. The Morgan fingerprint density at radius 1 is 0.885 bits per heavy atom. The van der Waals surface area contributed by atoms with Crippen molar-refractivity contribution in [2.45, 2.75) is 12.8 Å². The van der Waals surface area contributed by atoms with Crippen molar-refractivity contribution < 1.29 is 5.11 Å². The Morgan fingerprint density at radius 3 is 2.46 bits per heavy atom. The standard InChI is InChI=1S/C20H23N5O/c26-14-4-10-23-20-24-18(17-5-2-1-3-6-17)15-19(25-20)22-13-9-16-7-11-21-12-8-16/h1-3,5-8,11-12,15,26H,4,9-10,13-14H2,(H2,22,23,24,25). The van der Waals surface area contributed by atoms with Crippen LogP contribution in [-0.4, -0.2) is 39.8 Å². The van der Waals surface area contributed by atoms with Crippen LogP contribution >= 0.6 is 0 Å². The summed E-state index contributed by atoms with van der Waals surface area (Å²) in [6.07, 6.45) is 5.15. The predicted molar refractivity (Wildman–Crippen MR) is 104 cm³/mol. The molecular formula is C20H23N5O. The highest BCUT2D eigenvalue weighted by Crippen LogP contribution is 2.21. The number of rotatable bonds is 9. The normalized spacial score (nSPS) is 10.5. The van der Waals surface area contributed by atoms with Crippen molar-refractivity contribution in [1.29, 1.82) is 0 Å². The fourth-order valence-electron chi connectivity index (χ4n) is 2.54. The molecule has 26 heavy (non-hydrogen) atoms. The van der Waals surface area contributed by atoms with Gasteiger partial charge in [-0.15, -0.1) is 0 Å². The van der Waals surface area contributed by atoms with Crippen LogP contribution in [0.15, 0.2) is 60.9 Å². The minimum absolute atomic E-state index is 0.141. The minimum atomic E-state index is 0.141. The third-order valence-corrected chi connectivity index (χ3v) is 3.88. The number of nitrogens with zero attached hydrogens (tertiary/aromatic N) is 3. The highest BCUT2D eigenvalue weighted by atomic mass is 16.3. The molecule has 0 spiro atoms. The topological polar surface area (TPSA) is 83.0 Å². The minimum Gasteiger partial charge on any atom is -0.396 e. The molecule has 0 aliphatic heterocycles. The van der Waals surface area contributed by atoms with Gasteiger partial charge < -0.3 is 15.7 Å². The third kappa shape index (κ3) is 5.26. The molecule has 2 aromatic heterocycles. The number of hydrogen-bond donors (Lipinski definition) is 3. The number of anilines is 2. The number of aliphatic hydroxyl groups excluding tert-OH is 1. The molecule has 0 atom stereocenters. The van der Waals surface area contributed by atoms with Gasteiger partial charge in [0.1, 0.15) is 5.82 Å². The van der Waals surface area contributed by atoms with Gasteiger partial charge in [0.25, 0.3) is 0 Å². The van der Waals surface area contributed by atoms with E-state index in [1.54, 1.807) is 12.4 Å². The van der Waals surface area contributed by atoms with Gasteiger partial charge in [0, 0.05) is 43.7 Å². The summed E-state index contributed by atoms with van der Waals surface area (Å²) in [7, 11) is 0. The first-order valence-electron chi connectivity index (χ1n) is 8.77. The first-order valence-corrected chi connectivity index (χ1v) is 8.77. The summed E-state index contributed by atoms with van der Waals surface area (Å²) in [4.78, 5) is 13.2. The smallest absolute Gasteiger partial charge is 0.225 e. The average molecular weight is 349 g/mol. The van der Waals surface area contributed by atoms with E-state index in [4.69, 9.17) is 5.11 Å². The van der Waals surface area contributed by atoms with Gasteiger partial charge in [0.2, 0.25) is 5.95 Å². The van der Waals surface area contributed by atoms with Gasteiger partial charge in [-0.05, 0) is 30.5 Å². The van der Waals surface area contributed by atoms with Crippen LogP contribution in [0.4, 0.5) is 11.8 Å². The van der Waals surface area contributed by atoms with E-state index < -0.39 is 0 Å². The third-order valence-electron chi connectivity index (χ3n) is 3.88. The Labute approximate surface area is 153 Å². The van der Waals surface area contributed by atoms with Gasteiger partial charge in [-0.25, -0.2) is 4.98 Å². The number of aliphatic hydroxyl groups is 1. The van der Waals surface area contributed by atoms with E-state index in [-0.39, 0.29) is 6.61 Å². The van der Waals surface area contributed by atoms with Gasteiger partial charge >= 0.3 is 0 Å². The van der Waals surface area contributed by atoms with E-state index in [1.165, 1.54) is 5.56 Å². The van der Waals surface area contributed by atoms with Crippen LogP contribution in [0.25, 0.3) is 11.3 Å². The van der Waals surface area contributed by atoms with E-state index in [1.807, 2.05) is 48.5 Å². The SMILES string of the molecule is OCCCNc1nc(NCCc2ccncc2)cc(-c2ccccc2)n1. The summed E-state index contributed by atoms with van der Waals surface area (Å²) in [5, 5.41) is 15.5. The maximum Gasteiger partial charge on any atom is 0.225 e. The number of hydrogen-bond acceptors (Lipinski definition) is 6. The molecule has 3 N–H and O–H groups in total. The fraction of sp³-hybridized carbons (Fsp3) is 0.250. The molecule has 6 nitrogen and oxygen atoms in total. The van der Waals surface area contributed by atoms with Crippen molar-refractivity contribution in [2.24, 2.45) is 0 Å². The lowest BCUT2D eigenvalue weighted by Gasteiger charge is -2.11. The zero-order chi connectivity index (χ0) is 18.0. The van der Waals surface area contributed by atoms with Gasteiger partial charge in [0.15, 0.2) is 0 Å². The number of nitrogens with one attached hydrogen (secondary N) is 2. The second-order valence-electron chi connectivity index (χ2n) is 5.86. The lowest BCUT2D eigenvalue weighted by Crippen LogP contribution is -2.11. The second kappa shape index (κ2) is 9.48. The van der Waals surface area contributed by atoms with Gasteiger partial charge in [-0.3, -0.25) is 4.98 Å². The van der Waals surface area contributed by atoms with Crippen LogP contribution in [0.5, 0.6) is 0 Å². The molecule has 6 heteroatoms. The summed E-state index contributed by atoms with van der Waals surface area (Å²) in [6.45, 7) is 1.54. The van der Waals surface area contributed by atoms with Gasteiger partial charge in [0.05, 0.1) is 5.69 Å². The quantitative estimate of drug-likeness (QED) is 0.515. The van der Waals surface area contributed by atoms with Crippen LogP contribution in [-0.2, 0) is 6.42 Å². The molecule has 134 valence electrons. The first kappa shape index (κ1) is 17.8. The Bertz CT molecular complexity index is 796. The zero-order valence-corrected chi connectivity index (χ0v) is 14.6. The van der Waals surface area contributed by atoms with Gasteiger partial charge in [-0.2, -0.15) is 4.98 Å². The summed E-state index contributed by atoms with van der Waals surface area (Å²) in [5.41, 5.74) is 3.13. The maximum absolute atomic E-state index is 8.96. The largest absolute Gasteiger partial charge is 0.396 e. The molecule has 0 saturated heterocycles. The Balaban J connectivity index is 1.73. The molecule has 0 bridgehead atoms. The summed E-state index contributed by atoms with van der Waals surface area (Å²) >= 11 is 0. The van der Waals surface area contributed by atoms with E-state index in [2.05, 4.69) is 25.6 Å². The molecule has 2 heterocycles. The Hall–Kier alpha value is -2.99. The zero-order valence-electron chi connectivity index (χ0n) is 14.6. The molecule has 0 saturated carbocycles. The maximum atomic E-state index is 8.96. The molecule has 3 aromatic rings.